The molecule has 0 unspecified atom stereocenters. The highest BCUT2D eigenvalue weighted by atomic mass is 32.2. The SMILES string of the molecule is C=CC[C@]12N=C(c3ccc(OCCCO)cc3)O[C@H]1c1ccccc1CN(CCS(=O)(=O)c1ccccc1)C2=O. The lowest BCUT2D eigenvalue weighted by Crippen LogP contribution is -2.49. The van der Waals surface area contributed by atoms with Gasteiger partial charge in [0, 0.05) is 43.7 Å². The monoisotopic (exact) mass is 560 g/mol. The summed E-state index contributed by atoms with van der Waals surface area (Å²) in [6.45, 7) is 4.62. The van der Waals surface area contributed by atoms with Crippen molar-refractivity contribution in [3.63, 3.8) is 0 Å². The van der Waals surface area contributed by atoms with Crippen molar-refractivity contribution in [3.05, 3.63) is 108 Å². The van der Waals surface area contributed by atoms with Gasteiger partial charge in [-0.25, -0.2) is 13.4 Å². The average molecular weight is 561 g/mol. The van der Waals surface area contributed by atoms with Gasteiger partial charge in [0.15, 0.2) is 21.5 Å². The molecule has 8 nitrogen and oxygen atoms in total. The zero-order chi connectivity index (χ0) is 28.2. The molecule has 9 heteroatoms. The fourth-order valence-corrected chi connectivity index (χ4v) is 6.41. The Kier molecular flexibility index (Phi) is 8.04. The van der Waals surface area contributed by atoms with Crippen molar-refractivity contribution in [1.82, 2.24) is 4.90 Å². The van der Waals surface area contributed by atoms with Crippen LogP contribution in [0.2, 0.25) is 0 Å². The van der Waals surface area contributed by atoms with Crippen molar-refractivity contribution in [2.45, 2.75) is 35.9 Å². The summed E-state index contributed by atoms with van der Waals surface area (Å²) in [5.74, 6) is 0.471. The lowest BCUT2D eigenvalue weighted by atomic mass is 9.84. The molecule has 0 saturated carbocycles. The van der Waals surface area contributed by atoms with Gasteiger partial charge in [0.1, 0.15) is 5.75 Å². The van der Waals surface area contributed by atoms with Crippen LogP contribution < -0.4 is 4.74 Å². The molecule has 2 aliphatic heterocycles. The highest BCUT2D eigenvalue weighted by Gasteiger charge is 2.56. The van der Waals surface area contributed by atoms with Crippen LogP contribution in [0.3, 0.4) is 0 Å². The highest BCUT2D eigenvalue weighted by Crippen LogP contribution is 2.46. The molecule has 2 aliphatic rings. The molecule has 0 radical (unpaired) electrons. The normalized spacial score (nSPS) is 20.1. The standard InChI is InChI=1S/C31H32N2O6S/c1-2-17-31-28(39-29(32-31)23-13-15-25(16-14-23)38-20-8-19-34)27-12-7-6-9-24(27)22-33(30(31)35)18-21-40(36,37)26-10-4-3-5-11-26/h2-7,9-16,28,34H,1,8,17-22H2/t28-,31-/m0/s1. The van der Waals surface area contributed by atoms with Gasteiger partial charge in [-0.05, 0) is 42.0 Å². The molecule has 1 N–H and O–H groups in total. The van der Waals surface area contributed by atoms with Crippen molar-refractivity contribution < 1.29 is 27.8 Å². The first-order valence-electron chi connectivity index (χ1n) is 13.2. The maximum atomic E-state index is 14.3. The number of benzene rings is 3. The molecule has 3 aromatic rings. The van der Waals surface area contributed by atoms with Gasteiger partial charge in [-0.2, -0.15) is 0 Å². The van der Waals surface area contributed by atoms with Gasteiger partial charge in [-0.1, -0.05) is 48.5 Å². The Morgan fingerprint density at radius 1 is 1.07 bits per heavy atom. The molecule has 0 saturated heterocycles. The predicted molar refractivity (Wildman–Crippen MR) is 152 cm³/mol. The Morgan fingerprint density at radius 2 is 1.80 bits per heavy atom. The molecule has 5 rings (SSSR count). The number of aliphatic hydroxyl groups is 1. The lowest BCUT2D eigenvalue weighted by molar-refractivity contribution is -0.139. The smallest absolute Gasteiger partial charge is 0.255 e. The summed E-state index contributed by atoms with van der Waals surface area (Å²) in [4.78, 5) is 21.0. The van der Waals surface area contributed by atoms with Gasteiger partial charge in [0.2, 0.25) is 5.90 Å². The van der Waals surface area contributed by atoms with Crippen LogP contribution >= 0.6 is 0 Å². The molecule has 2 heterocycles. The quantitative estimate of drug-likeness (QED) is 0.280. The second-order valence-corrected chi connectivity index (χ2v) is 11.9. The second kappa shape index (κ2) is 11.7. The fourth-order valence-electron chi connectivity index (χ4n) is 5.14. The van der Waals surface area contributed by atoms with E-state index in [1.807, 2.05) is 36.4 Å². The minimum Gasteiger partial charge on any atom is -0.494 e. The van der Waals surface area contributed by atoms with Gasteiger partial charge in [0.25, 0.3) is 5.91 Å². The van der Waals surface area contributed by atoms with Crippen LogP contribution in [0.5, 0.6) is 5.75 Å². The third-order valence-electron chi connectivity index (χ3n) is 7.18. The lowest BCUT2D eigenvalue weighted by Gasteiger charge is -2.31. The van der Waals surface area contributed by atoms with E-state index >= 15 is 0 Å². The van der Waals surface area contributed by atoms with Gasteiger partial charge < -0.3 is 19.5 Å². The number of hydrogen-bond donors (Lipinski definition) is 1. The van der Waals surface area contributed by atoms with E-state index < -0.39 is 21.5 Å². The second-order valence-electron chi connectivity index (χ2n) is 9.84. The maximum absolute atomic E-state index is 14.3. The first-order valence-corrected chi connectivity index (χ1v) is 14.9. The van der Waals surface area contributed by atoms with Crippen LogP contribution in [0.15, 0.2) is 101 Å². The van der Waals surface area contributed by atoms with Gasteiger partial charge >= 0.3 is 0 Å². The number of hydrogen-bond acceptors (Lipinski definition) is 7. The Balaban J connectivity index is 1.48. The van der Waals surface area contributed by atoms with E-state index in [4.69, 9.17) is 19.6 Å². The topological polar surface area (TPSA) is 106 Å². The van der Waals surface area contributed by atoms with Gasteiger partial charge in [-0.15, -0.1) is 6.58 Å². The molecule has 0 fully saturated rings. The molecule has 40 heavy (non-hydrogen) atoms. The van der Waals surface area contributed by atoms with Gasteiger partial charge in [0.05, 0.1) is 17.3 Å². The number of carbonyl (C=O) groups excluding carboxylic acids is 1. The highest BCUT2D eigenvalue weighted by molar-refractivity contribution is 7.91. The summed E-state index contributed by atoms with van der Waals surface area (Å²) < 4.78 is 38.2. The zero-order valence-corrected chi connectivity index (χ0v) is 22.9. The number of aliphatic hydroxyl groups excluding tert-OH is 1. The third-order valence-corrected chi connectivity index (χ3v) is 8.89. The molecule has 0 aliphatic carbocycles. The molecular weight excluding hydrogens is 528 g/mol. The Morgan fingerprint density at radius 3 is 2.52 bits per heavy atom. The summed E-state index contributed by atoms with van der Waals surface area (Å²) in [6.07, 6.45) is 1.72. The van der Waals surface area contributed by atoms with E-state index in [1.54, 1.807) is 53.4 Å². The minimum absolute atomic E-state index is 0.0146. The molecule has 2 atom stereocenters. The first-order chi connectivity index (χ1) is 19.4. The molecule has 0 bridgehead atoms. The average Bonchev–Trinajstić information content (AvgIpc) is 3.32. The number of carbonyl (C=O) groups is 1. The number of nitrogens with zero attached hydrogens (tertiary/aromatic N) is 2. The van der Waals surface area contributed by atoms with E-state index in [1.165, 1.54) is 0 Å². The minimum atomic E-state index is -3.60. The van der Waals surface area contributed by atoms with E-state index in [-0.39, 0.29) is 42.7 Å². The summed E-state index contributed by atoms with van der Waals surface area (Å²) in [5, 5.41) is 8.98. The van der Waals surface area contributed by atoms with E-state index in [9.17, 15) is 13.2 Å². The molecular formula is C31H32N2O6S. The molecule has 3 aromatic carbocycles. The first kappa shape index (κ1) is 27.6. The summed E-state index contributed by atoms with van der Waals surface area (Å²) in [6, 6.07) is 23.2. The predicted octanol–water partition coefficient (Wildman–Crippen LogP) is 4.10. The number of amides is 1. The van der Waals surface area contributed by atoms with Crippen LogP contribution in [0, 0.1) is 0 Å². The van der Waals surface area contributed by atoms with Crippen LogP contribution in [-0.4, -0.2) is 61.3 Å². The number of fused-ring (bicyclic) bond motifs is 3. The number of sulfone groups is 1. The molecule has 0 spiro atoms. The van der Waals surface area contributed by atoms with Crippen molar-refractivity contribution in [2.75, 3.05) is 25.5 Å². The Bertz CT molecular complexity index is 1500. The largest absolute Gasteiger partial charge is 0.494 e. The summed E-state index contributed by atoms with van der Waals surface area (Å²) in [7, 11) is -3.60. The van der Waals surface area contributed by atoms with Crippen molar-refractivity contribution in [1.29, 1.82) is 0 Å². The summed E-state index contributed by atoms with van der Waals surface area (Å²) >= 11 is 0. The molecule has 208 valence electrons. The van der Waals surface area contributed by atoms with Crippen LogP contribution in [-0.2, 0) is 25.9 Å². The maximum Gasteiger partial charge on any atom is 0.255 e. The van der Waals surface area contributed by atoms with E-state index in [0.717, 1.165) is 11.1 Å². The van der Waals surface area contributed by atoms with Crippen molar-refractivity contribution in [3.8, 4) is 5.75 Å². The number of aliphatic imine (C=N–C) groups is 1. The Hall–Kier alpha value is -3.95. The van der Waals surface area contributed by atoms with E-state index in [0.29, 0.717) is 30.2 Å². The number of rotatable bonds is 11. The van der Waals surface area contributed by atoms with Crippen molar-refractivity contribution in [2.24, 2.45) is 4.99 Å². The zero-order valence-electron chi connectivity index (χ0n) is 22.1. The Labute approximate surface area is 234 Å². The third kappa shape index (κ3) is 5.39. The molecule has 1 amide bonds. The van der Waals surface area contributed by atoms with Crippen molar-refractivity contribution >= 4 is 21.6 Å². The number of ether oxygens (including phenoxy) is 2. The van der Waals surface area contributed by atoms with Gasteiger partial charge in [-0.3, -0.25) is 4.79 Å². The fraction of sp³-hybridized carbons (Fsp3) is 0.290. The van der Waals surface area contributed by atoms with E-state index in [2.05, 4.69) is 6.58 Å². The van der Waals surface area contributed by atoms with Crippen LogP contribution in [0.4, 0.5) is 0 Å². The van der Waals surface area contributed by atoms with Crippen LogP contribution in [0.1, 0.15) is 35.6 Å². The van der Waals surface area contributed by atoms with Crippen LogP contribution in [0.25, 0.3) is 0 Å². The molecule has 0 aromatic heterocycles. The summed E-state index contributed by atoms with van der Waals surface area (Å²) in [5.41, 5.74) is 1.09.